The molecule has 0 aliphatic heterocycles. The van der Waals surface area contributed by atoms with Gasteiger partial charge in [-0.2, -0.15) is 13.2 Å². The number of benzene rings is 1. The predicted molar refractivity (Wildman–Crippen MR) is 67.8 cm³/mol. The van der Waals surface area contributed by atoms with Crippen LogP contribution < -0.4 is 5.73 Å². The summed E-state index contributed by atoms with van der Waals surface area (Å²) in [4.78, 5) is 0. The van der Waals surface area contributed by atoms with Crippen LogP contribution in [0.4, 0.5) is 19.0 Å². The van der Waals surface area contributed by atoms with Gasteiger partial charge >= 0.3 is 6.18 Å². The van der Waals surface area contributed by atoms with Crippen molar-refractivity contribution in [3.8, 4) is 11.5 Å². The van der Waals surface area contributed by atoms with Gasteiger partial charge in [0.05, 0.1) is 11.3 Å². The van der Waals surface area contributed by atoms with Gasteiger partial charge < -0.3 is 14.8 Å². The zero-order valence-corrected chi connectivity index (χ0v) is 10.4. The van der Waals surface area contributed by atoms with E-state index in [1.54, 1.807) is 17.7 Å². The first-order valence-corrected chi connectivity index (χ1v) is 5.75. The van der Waals surface area contributed by atoms with Crippen LogP contribution in [0.15, 0.2) is 34.9 Å². The highest BCUT2D eigenvalue weighted by atomic mass is 19.4. The molecule has 3 aromatic rings. The second-order valence-electron chi connectivity index (χ2n) is 4.48. The SMILES string of the molecule is Cn1c(-c2cc(N)no2)cc2ccc(C(F)(F)F)cc21. The van der Waals surface area contributed by atoms with Crippen LogP contribution in [0.2, 0.25) is 0 Å². The molecule has 0 atom stereocenters. The molecule has 0 fully saturated rings. The minimum Gasteiger partial charge on any atom is -0.381 e. The minimum absolute atomic E-state index is 0.223. The third kappa shape index (κ3) is 1.91. The smallest absolute Gasteiger partial charge is 0.381 e. The number of hydrogen-bond acceptors (Lipinski definition) is 3. The molecule has 2 aromatic heterocycles. The second-order valence-corrected chi connectivity index (χ2v) is 4.48. The van der Waals surface area contributed by atoms with Crippen LogP contribution in [0.3, 0.4) is 0 Å². The number of anilines is 1. The summed E-state index contributed by atoms with van der Waals surface area (Å²) in [5, 5.41) is 4.26. The van der Waals surface area contributed by atoms with E-state index < -0.39 is 11.7 Å². The number of nitrogen functional groups attached to an aromatic ring is 1. The van der Waals surface area contributed by atoms with E-state index in [1.165, 1.54) is 12.1 Å². The van der Waals surface area contributed by atoms with E-state index >= 15 is 0 Å². The Hall–Kier alpha value is -2.44. The molecule has 0 unspecified atom stereocenters. The maximum absolute atomic E-state index is 12.7. The summed E-state index contributed by atoms with van der Waals surface area (Å²) in [5.74, 6) is 0.635. The summed E-state index contributed by atoms with van der Waals surface area (Å²) in [6.07, 6.45) is -4.37. The molecule has 0 aliphatic carbocycles. The molecule has 20 heavy (non-hydrogen) atoms. The zero-order valence-electron chi connectivity index (χ0n) is 10.4. The number of nitrogens with zero attached hydrogens (tertiary/aromatic N) is 2. The number of alkyl halides is 3. The maximum Gasteiger partial charge on any atom is 0.416 e. The molecule has 0 bridgehead atoms. The molecular formula is C13H10F3N3O. The predicted octanol–water partition coefficient (Wildman–Crippen LogP) is 3.43. The largest absolute Gasteiger partial charge is 0.416 e. The lowest BCUT2D eigenvalue weighted by molar-refractivity contribution is -0.137. The van der Waals surface area contributed by atoms with Crippen LogP contribution >= 0.6 is 0 Å². The number of halogens is 3. The van der Waals surface area contributed by atoms with Crippen molar-refractivity contribution in [1.82, 2.24) is 9.72 Å². The zero-order chi connectivity index (χ0) is 14.5. The number of rotatable bonds is 1. The van der Waals surface area contributed by atoms with E-state index in [0.29, 0.717) is 22.4 Å². The van der Waals surface area contributed by atoms with Crippen LogP contribution in [0.25, 0.3) is 22.4 Å². The second kappa shape index (κ2) is 4.03. The Labute approximate surface area is 111 Å². The summed E-state index contributed by atoms with van der Waals surface area (Å²) < 4.78 is 44.8. The molecule has 4 nitrogen and oxygen atoms in total. The van der Waals surface area contributed by atoms with E-state index in [0.717, 1.165) is 12.1 Å². The number of fused-ring (bicyclic) bond motifs is 1. The minimum atomic E-state index is -4.37. The van der Waals surface area contributed by atoms with Crippen molar-refractivity contribution in [2.24, 2.45) is 7.05 Å². The summed E-state index contributed by atoms with van der Waals surface area (Å²) in [6.45, 7) is 0. The number of hydrogen-bond donors (Lipinski definition) is 1. The molecule has 0 radical (unpaired) electrons. The van der Waals surface area contributed by atoms with Crippen molar-refractivity contribution in [3.05, 3.63) is 35.9 Å². The van der Waals surface area contributed by atoms with Crippen molar-refractivity contribution in [2.75, 3.05) is 5.73 Å². The van der Waals surface area contributed by atoms with Gasteiger partial charge in [-0.15, -0.1) is 0 Å². The topological polar surface area (TPSA) is 57.0 Å². The number of nitrogens with two attached hydrogens (primary N) is 1. The number of aromatic nitrogens is 2. The molecule has 0 saturated heterocycles. The van der Waals surface area contributed by atoms with Crippen LogP contribution in [0, 0.1) is 0 Å². The monoisotopic (exact) mass is 281 g/mol. The van der Waals surface area contributed by atoms with Gasteiger partial charge in [-0.25, -0.2) is 0 Å². The van der Waals surface area contributed by atoms with Crippen LogP contribution in [-0.4, -0.2) is 9.72 Å². The molecule has 104 valence electrons. The Morgan fingerprint density at radius 3 is 2.55 bits per heavy atom. The standard InChI is InChI=1S/C13H10F3N3O/c1-19-9-5-8(13(14,15)16)3-2-7(9)4-10(19)11-6-12(17)18-20-11/h2-6H,1H3,(H2,17,18). The molecule has 0 saturated carbocycles. The van der Waals surface area contributed by atoms with Crippen molar-refractivity contribution in [1.29, 1.82) is 0 Å². The van der Waals surface area contributed by atoms with Crippen molar-refractivity contribution in [2.45, 2.75) is 6.18 Å². The molecule has 2 heterocycles. The van der Waals surface area contributed by atoms with Gasteiger partial charge in [0.15, 0.2) is 11.6 Å². The average Bonchev–Trinajstić information content (AvgIpc) is 2.92. The van der Waals surface area contributed by atoms with Crippen LogP contribution in [0.5, 0.6) is 0 Å². The van der Waals surface area contributed by atoms with E-state index in [4.69, 9.17) is 10.3 Å². The van der Waals surface area contributed by atoms with Gasteiger partial charge in [-0.05, 0) is 18.2 Å². The lowest BCUT2D eigenvalue weighted by Crippen LogP contribution is -2.04. The molecule has 7 heteroatoms. The summed E-state index contributed by atoms with van der Waals surface area (Å²) in [6, 6.07) is 6.86. The Morgan fingerprint density at radius 1 is 1.20 bits per heavy atom. The summed E-state index contributed by atoms with van der Waals surface area (Å²) in [5.41, 5.74) is 5.87. The van der Waals surface area contributed by atoms with E-state index in [2.05, 4.69) is 5.16 Å². The molecule has 1 aromatic carbocycles. The molecule has 0 amide bonds. The van der Waals surface area contributed by atoms with Gasteiger partial charge in [0.2, 0.25) is 0 Å². The third-order valence-corrected chi connectivity index (χ3v) is 3.15. The lowest BCUT2D eigenvalue weighted by Gasteiger charge is -2.07. The Morgan fingerprint density at radius 2 is 1.95 bits per heavy atom. The highest BCUT2D eigenvalue weighted by Crippen LogP contribution is 2.34. The maximum atomic E-state index is 12.7. The average molecular weight is 281 g/mol. The fourth-order valence-corrected chi connectivity index (χ4v) is 2.15. The van der Waals surface area contributed by atoms with Crippen molar-refractivity contribution >= 4 is 16.7 Å². The molecule has 2 N–H and O–H groups in total. The Bertz CT molecular complexity index is 786. The van der Waals surface area contributed by atoms with Crippen LogP contribution in [0.1, 0.15) is 5.56 Å². The fourth-order valence-electron chi connectivity index (χ4n) is 2.15. The fraction of sp³-hybridized carbons (Fsp3) is 0.154. The summed E-state index contributed by atoms with van der Waals surface area (Å²) in [7, 11) is 1.66. The quantitative estimate of drug-likeness (QED) is 0.743. The molecule has 0 aliphatic rings. The Kier molecular flexibility index (Phi) is 2.53. The van der Waals surface area contributed by atoms with E-state index in [9.17, 15) is 13.2 Å². The Balaban J connectivity index is 2.20. The van der Waals surface area contributed by atoms with E-state index in [-0.39, 0.29) is 5.82 Å². The molecule has 3 rings (SSSR count). The van der Waals surface area contributed by atoms with Crippen LogP contribution in [-0.2, 0) is 13.2 Å². The van der Waals surface area contributed by atoms with Gasteiger partial charge in [0, 0.05) is 24.0 Å². The molecular weight excluding hydrogens is 271 g/mol. The number of aryl methyl sites for hydroxylation is 1. The highest BCUT2D eigenvalue weighted by molar-refractivity contribution is 5.86. The first-order chi connectivity index (χ1) is 9.36. The lowest BCUT2D eigenvalue weighted by atomic mass is 10.1. The first-order valence-electron chi connectivity index (χ1n) is 5.75. The van der Waals surface area contributed by atoms with Crippen molar-refractivity contribution < 1.29 is 17.7 Å². The van der Waals surface area contributed by atoms with E-state index in [1.807, 2.05) is 0 Å². The van der Waals surface area contributed by atoms with Crippen molar-refractivity contribution in [3.63, 3.8) is 0 Å². The van der Waals surface area contributed by atoms with Gasteiger partial charge in [-0.1, -0.05) is 11.2 Å². The summed E-state index contributed by atoms with van der Waals surface area (Å²) >= 11 is 0. The molecule has 0 spiro atoms. The highest BCUT2D eigenvalue weighted by Gasteiger charge is 2.30. The van der Waals surface area contributed by atoms with Gasteiger partial charge in [-0.3, -0.25) is 0 Å². The first kappa shape index (κ1) is 12.6. The van der Waals surface area contributed by atoms with Gasteiger partial charge in [0.25, 0.3) is 0 Å². The third-order valence-electron chi connectivity index (χ3n) is 3.15. The van der Waals surface area contributed by atoms with Gasteiger partial charge in [0.1, 0.15) is 0 Å². The normalized spacial score (nSPS) is 12.2.